The fourth-order valence-electron chi connectivity index (χ4n) is 3.21. The van der Waals surface area contributed by atoms with Crippen molar-refractivity contribution in [1.82, 2.24) is 10.3 Å². The van der Waals surface area contributed by atoms with E-state index in [0.717, 1.165) is 5.56 Å². The smallest absolute Gasteiger partial charge is 0.255 e. The molecule has 4 atom stereocenters. The molecule has 1 fully saturated rings. The first-order chi connectivity index (χ1) is 12.6. The largest absolute Gasteiger partial charge is 0.346 e. The molecule has 5 N–H and O–H groups in total. The molecule has 1 aliphatic rings. The lowest BCUT2D eigenvalue weighted by Crippen LogP contribution is -2.49. The summed E-state index contributed by atoms with van der Waals surface area (Å²) in [7, 11) is 0. The molecule has 8 nitrogen and oxygen atoms in total. The maximum atomic E-state index is 12.9. The second kappa shape index (κ2) is 8.41. The standard InChI is InChI=1S/C19H26N4O4/c1-10(2)16(17(25)15-11(3)18(26)23(21)19(15)27)22-14(24)9-13(20)12-7-5-4-6-8-12/h4-8,10-11,13,15-16H,9,20-21H2,1-3H3,(H,22,24)/t11-,13-,15+,16-/m0/s1. The quantitative estimate of drug-likeness (QED) is 0.271. The van der Waals surface area contributed by atoms with Crippen molar-refractivity contribution in [2.75, 3.05) is 0 Å². The molecule has 8 heteroatoms. The van der Waals surface area contributed by atoms with Crippen LogP contribution in [0.2, 0.25) is 0 Å². The Balaban J connectivity index is 2.09. The predicted octanol–water partition coefficient (Wildman–Crippen LogP) is 0.281. The summed E-state index contributed by atoms with van der Waals surface area (Å²) in [6.45, 7) is 5.00. The highest BCUT2D eigenvalue weighted by Gasteiger charge is 2.50. The normalized spacial score (nSPS) is 22.1. The van der Waals surface area contributed by atoms with Gasteiger partial charge in [0.25, 0.3) is 5.91 Å². The van der Waals surface area contributed by atoms with Crippen LogP contribution in [0.1, 0.15) is 38.8 Å². The Bertz CT molecular complexity index is 734. The van der Waals surface area contributed by atoms with Gasteiger partial charge in [-0.2, -0.15) is 0 Å². The van der Waals surface area contributed by atoms with Gasteiger partial charge in [-0.3, -0.25) is 19.2 Å². The Hall–Kier alpha value is -2.58. The molecular weight excluding hydrogens is 348 g/mol. The first-order valence-corrected chi connectivity index (χ1v) is 8.91. The van der Waals surface area contributed by atoms with Crippen molar-refractivity contribution in [1.29, 1.82) is 0 Å². The van der Waals surface area contributed by atoms with Gasteiger partial charge in [0, 0.05) is 12.5 Å². The SMILES string of the molecule is CC(C)[C@H](NC(=O)C[C@H](N)c1ccccc1)C(=O)[C@@H]1C(=O)N(N)C(=O)[C@H]1C. The van der Waals surface area contributed by atoms with Crippen LogP contribution in [0.3, 0.4) is 0 Å². The fourth-order valence-corrected chi connectivity index (χ4v) is 3.21. The highest BCUT2D eigenvalue weighted by atomic mass is 16.2. The highest BCUT2D eigenvalue weighted by Crippen LogP contribution is 2.27. The third-order valence-corrected chi connectivity index (χ3v) is 4.86. The predicted molar refractivity (Wildman–Crippen MR) is 98.5 cm³/mol. The minimum absolute atomic E-state index is 0.00335. The molecule has 146 valence electrons. The third-order valence-electron chi connectivity index (χ3n) is 4.86. The molecule has 0 aliphatic carbocycles. The highest BCUT2D eigenvalue weighted by molar-refractivity contribution is 6.16. The zero-order chi connectivity index (χ0) is 20.3. The van der Waals surface area contributed by atoms with E-state index in [9.17, 15) is 19.2 Å². The van der Waals surface area contributed by atoms with E-state index in [1.807, 2.05) is 30.3 Å². The van der Waals surface area contributed by atoms with E-state index in [4.69, 9.17) is 11.6 Å². The number of Topliss-reactive ketones (excluding diaryl/α,β-unsaturated/α-hetero) is 1. The number of carbonyl (C=O) groups is 4. The van der Waals surface area contributed by atoms with Crippen LogP contribution in [0.4, 0.5) is 0 Å². The van der Waals surface area contributed by atoms with Crippen molar-refractivity contribution >= 4 is 23.5 Å². The average Bonchev–Trinajstić information content (AvgIpc) is 2.82. The van der Waals surface area contributed by atoms with E-state index in [-0.39, 0.29) is 12.3 Å². The summed E-state index contributed by atoms with van der Waals surface area (Å²) in [5.41, 5.74) is 6.87. The minimum atomic E-state index is -1.18. The Kier molecular flexibility index (Phi) is 6.45. The van der Waals surface area contributed by atoms with Gasteiger partial charge in [-0.05, 0) is 11.5 Å². The summed E-state index contributed by atoms with van der Waals surface area (Å²) < 4.78 is 0. The third kappa shape index (κ3) is 4.40. The van der Waals surface area contributed by atoms with Gasteiger partial charge in [-0.15, -0.1) is 0 Å². The molecular formula is C19H26N4O4. The van der Waals surface area contributed by atoms with Gasteiger partial charge in [0.1, 0.15) is 5.92 Å². The summed E-state index contributed by atoms with van der Waals surface area (Å²) in [6.07, 6.45) is -0.00335. The van der Waals surface area contributed by atoms with E-state index in [1.165, 1.54) is 6.92 Å². The summed E-state index contributed by atoms with van der Waals surface area (Å²) in [6, 6.07) is 7.74. The number of hydrogen-bond donors (Lipinski definition) is 3. The van der Waals surface area contributed by atoms with Crippen LogP contribution in [-0.4, -0.2) is 34.6 Å². The van der Waals surface area contributed by atoms with Crippen molar-refractivity contribution in [2.24, 2.45) is 29.3 Å². The van der Waals surface area contributed by atoms with E-state index in [2.05, 4.69) is 5.32 Å². The van der Waals surface area contributed by atoms with Gasteiger partial charge in [-0.1, -0.05) is 51.1 Å². The lowest BCUT2D eigenvalue weighted by atomic mass is 9.85. The maximum absolute atomic E-state index is 12.9. The summed E-state index contributed by atoms with van der Waals surface area (Å²) in [5, 5.41) is 3.16. The van der Waals surface area contributed by atoms with Gasteiger partial charge in [-0.25, -0.2) is 10.9 Å². The lowest BCUT2D eigenvalue weighted by molar-refractivity contribution is -0.142. The number of imide groups is 1. The summed E-state index contributed by atoms with van der Waals surface area (Å²) in [4.78, 5) is 49.4. The van der Waals surface area contributed by atoms with Gasteiger partial charge in [0.05, 0.1) is 12.0 Å². The summed E-state index contributed by atoms with van der Waals surface area (Å²) >= 11 is 0. The molecule has 0 aromatic heterocycles. The fraction of sp³-hybridized carbons (Fsp3) is 0.474. The van der Waals surface area contributed by atoms with Crippen molar-refractivity contribution in [3.05, 3.63) is 35.9 Å². The maximum Gasteiger partial charge on any atom is 0.255 e. The van der Waals surface area contributed by atoms with Gasteiger partial charge in [0.2, 0.25) is 11.8 Å². The molecule has 0 bridgehead atoms. The Morgan fingerprint density at radius 3 is 2.22 bits per heavy atom. The van der Waals surface area contributed by atoms with Crippen LogP contribution in [0, 0.1) is 17.8 Å². The number of nitrogens with two attached hydrogens (primary N) is 2. The molecule has 0 spiro atoms. The molecule has 1 heterocycles. The zero-order valence-electron chi connectivity index (χ0n) is 15.7. The molecule has 3 amide bonds. The molecule has 0 saturated carbocycles. The first kappa shape index (κ1) is 20.7. The molecule has 27 heavy (non-hydrogen) atoms. The number of amides is 3. The number of benzene rings is 1. The van der Waals surface area contributed by atoms with Gasteiger partial charge < -0.3 is 11.1 Å². The Morgan fingerprint density at radius 1 is 1.15 bits per heavy atom. The monoisotopic (exact) mass is 374 g/mol. The number of hydrogen-bond acceptors (Lipinski definition) is 6. The number of carbonyl (C=O) groups excluding carboxylic acids is 4. The number of hydrazine groups is 1. The molecule has 1 aromatic rings. The minimum Gasteiger partial charge on any atom is -0.346 e. The van der Waals surface area contributed by atoms with Crippen LogP contribution in [0.25, 0.3) is 0 Å². The topological polar surface area (TPSA) is 136 Å². The lowest BCUT2D eigenvalue weighted by Gasteiger charge is -2.25. The van der Waals surface area contributed by atoms with Gasteiger partial charge >= 0.3 is 0 Å². The second-order valence-electron chi connectivity index (χ2n) is 7.23. The number of nitrogens with one attached hydrogen (secondary N) is 1. The van der Waals surface area contributed by atoms with Crippen LogP contribution < -0.4 is 16.9 Å². The Morgan fingerprint density at radius 2 is 1.74 bits per heavy atom. The molecule has 2 rings (SSSR count). The zero-order valence-corrected chi connectivity index (χ0v) is 15.7. The van der Waals surface area contributed by atoms with Crippen LogP contribution in [0.5, 0.6) is 0 Å². The van der Waals surface area contributed by atoms with E-state index in [1.54, 1.807) is 13.8 Å². The van der Waals surface area contributed by atoms with Crippen molar-refractivity contribution in [3.8, 4) is 0 Å². The molecule has 1 saturated heterocycles. The number of ketones is 1. The summed E-state index contributed by atoms with van der Waals surface area (Å²) in [5.74, 6) is 0.888. The van der Waals surface area contributed by atoms with E-state index in [0.29, 0.717) is 5.01 Å². The van der Waals surface area contributed by atoms with Gasteiger partial charge in [0.15, 0.2) is 5.78 Å². The van der Waals surface area contributed by atoms with Crippen molar-refractivity contribution in [2.45, 2.75) is 39.3 Å². The van der Waals surface area contributed by atoms with Crippen molar-refractivity contribution in [3.63, 3.8) is 0 Å². The van der Waals surface area contributed by atoms with E-state index < -0.39 is 47.4 Å². The molecule has 1 aromatic carbocycles. The van der Waals surface area contributed by atoms with Crippen molar-refractivity contribution < 1.29 is 19.2 Å². The molecule has 0 radical (unpaired) electrons. The molecule has 1 aliphatic heterocycles. The van der Waals surface area contributed by atoms with Crippen LogP contribution in [-0.2, 0) is 19.2 Å². The van der Waals surface area contributed by atoms with Crippen LogP contribution >= 0.6 is 0 Å². The average molecular weight is 374 g/mol. The van der Waals surface area contributed by atoms with Crippen LogP contribution in [0.15, 0.2) is 30.3 Å². The number of rotatable bonds is 7. The first-order valence-electron chi connectivity index (χ1n) is 8.91. The number of nitrogens with zero attached hydrogens (tertiary/aromatic N) is 1. The molecule has 0 unspecified atom stereocenters. The van der Waals surface area contributed by atoms with E-state index >= 15 is 0 Å². The Labute approximate surface area is 158 Å². The second-order valence-corrected chi connectivity index (χ2v) is 7.23.